The average Bonchev–Trinajstić information content (AvgIpc) is 2.87. The van der Waals surface area contributed by atoms with Crippen LogP contribution in [0.1, 0.15) is 43.9 Å². The molecule has 0 N–H and O–H groups in total. The third-order valence-electron chi connectivity index (χ3n) is 8.12. The van der Waals surface area contributed by atoms with Crippen LogP contribution >= 0.6 is 0 Å². The Kier molecular flexibility index (Phi) is 8.11. The summed E-state index contributed by atoms with van der Waals surface area (Å²) in [4.78, 5) is 4.65. The molecule has 4 heterocycles. The molecule has 2 aromatic carbocycles. The van der Waals surface area contributed by atoms with E-state index in [0.29, 0.717) is 24.5 Å². The topological polar surface area (TPSA) is 22.1 Å². The van der Waals surface area contributed by atoms with Crippen molar-refractivity contribution < 1.29 is 21.6 Å². The van der Waals surface area contributed by atoms with Gasteiger partial charge >= 0.3 is 0 Å². The zero-order valence-corrected chi connectivity index (χ0v) is 21.7. The molecule has 184 valence electrons. The maximum Gasteiger partial charge on any atom is 0.135 e. The number of para-hydroxylation sites is 1. The number of hydrogen-bond donors (Lipinski definition) is 0. The summed E-state index contributed by atoms with van der Waals surface area (Å²) in [6.45, 7) is 12.6. The van der Waals surface area contributed by atoms with Gasteiger partial charge in [0, 0.05) is 35.9 Å². The molecule has 3 saturated heterocycles. The number of pyridine rings is 1. The van der Waals surface area contributed by atoms with Crippen molar-refractivity contribution in [3.05, 3.63) is 102 Å². The van der Waals surface area contributed by atoms with E-state index in [9.17, 15) is 0 Å². The molecule has 35 heavy (non-hydrogen) atoms. The maximum atomic E-state index is 6.83. The zero-order valence-electron chi connectivity index (χ0n) is 20.9. The van der Waals surface area contributed by atoms with Crippen LogP contribution in [-0.4, -0.2) is 35.2 Å². The van der Waals surface area contributed by atoms with E-state index in [-0.39, 0.29) is 18.5 Å². The van der Waals surface area contributed by atoms with Gasteiger partial charge < -0.3 is 21.6 Å². The summed E-state index contributed by atoms with van der Waals surface area (Å²) < 4.78 is 7.90. The minimum atomic E-state index is 0. The zero-order chi connectivity index (χ0) is 23.5. The Morgan fingerprint density at radius 2 is 1.89 bits per heavy atom. The van der Waals surface area contributed by atoms with Crippen LogP contribution < -0.4 is 12.4 Å². The summed E-state index contributed by atoms with van der Waals surface area (Å²) >= 11 is 0. The van der Waals surface area contributed by atoms with Crippen molar-refractivity contribution in [3.63, 3.8) is 0 Å². The molecule has 3 fully saturated rings. The smallest absolute Gasteiger partial charge is 0.135 e. The van der Waals surface area contributed by atoms with Crippen LogP contribution in [0.15, 0.2) is 91.2 Å². The number of benzene rings is 2. The van der Waals surface area contributed by atoms with Crippen LogP contribution in [-0.2, 0) is 11.3 Å². The minimum absolute atomic E-state index is 0. The molecule has 0 radical (unpaired) electrons. The fourth-order valence-corrected chi connectivity index (χ4v) is 6.40. The van der Waals surface area contributed by atoms with E-state index in [4.69, 9.17) is 4.74 Å². The lowest BCUT2D eigenvalue weighted by Crippen LogP contribution is -3.00. The molecule has 1 unspecified atom stereocenters. The predicted molar refractivity (Wildman–Crippen MR) is 140 cm³/mol. The van der Waals surface area contributed by atoms with Crippen LogP contribution in [0.3, 0.4) is 0 Å². The van der Waals surface area contributed by atoms with Crippen LogP contribution in [0, 0.1) is 11.8 Å². The number of halogens is 1. The Hall–Kier alpha value is -2.46. The lowest BCUT2D eigenvalue weighted by molar-refractivity contribution is -0.985. The number of allylic oxidation sites excluding steroid dienone is 1. The summed E-state index contributed by atoms with van der Waals surface area (Å²) in [7, 11) is 0. The van der Waals surface area contributed by atoms with Gasteiger partial charge in [-0.25, -0.2) is 0 Å². The quantitative estimate of drug-likeness (QED) is 0.354. The number of fused-ring (bicyclic) bond motifs is 4. The summed E-state index contributed by atoms with van der Waals surface area (Å²) in [6.07, 6.45) is 8.87. The van der Waals surface area contributed by atoms with Crippen molar-refractivity contribution in [3.8, 4) is 0 Å². The van der Waals surface area contributed by atoms with E-state index >= 15 is 0 Å². The molecule has 6 rings (SSSR count). The van der Waals surface area contributed by atoms with Gasteiger partial charge in [-0.1, -0.05) is 66.3 Å². The van der Waals surface area contributed by atoms with Crippen molar-refractivity contribution in [2.24, 2.45) is 11.8 Å². The van der Waals surface area contributed by atoms with Crippen molar-refractivity contribution in [2.45, 2.75) is 45.4 Å². The third-order valence-corrected chi connectivity index (χ3v) is 8.12. The van der Waals surface area contributed by atoms with E-state index in [0.717, 1.165) is 23.1 Å². The molecule has 5 atom stereocenters. The Morgan fingerprint density at radius 1 is 1.11 bits per heavy atom. The van der Waals surface area contributed by atoms with Crippen molar-refractivity contribution in [1.82, 2.24) is 4.98 Å². The molecular formula is C31H37ClN2O. The second-order valence-electron chi connectivity index (χ2n) is 10.5. The Morgan fingerprint density at radius 3 is 2.66 bits per heavy atom. The number of quaternary nitrogens is 1. The molecule has 2 bridgehead atoms. The highest BCUT2D eigenvalue weighted by Gasteiger charge is 2.54. The maximum absolute atomic E-state index is 6.83. The fourth-order valence-electron chi connectivity index (χ4n) is 6.40. The molecule has 3 aromatic rings. The van der Waals surface area contributed by atoms with Crippen LogP contribution in [0.25, 0.3) is 10.9 Å². The predicted octanol–water partition coefficient (Wildman–Crippen LogP) is 3.87. The largest absolute Gasteiger partial charge is 1.00 e. The van der Waals surface area contributed by atoms with Gasteiger partial charge in [0.1, 0.15) is 18.7 Å². The second kappa shape index (κ2) is 11.1. The van der Waals surface area contributed by atoms with Crippen molar-refractivity contribution >= 4 is 10.9 Å². The molecule has 3 aliphatic heterocycles. The fraction of sp³-hybridized carbons (Fsp3) is 0.387. The van der Waals surface area contributed by atoms with Gasteiger partial charge in [-0.2, -0.15) is 0 Å². The monoisotopic (exact) mass is 488 g/mol. The molecule has 0 spiro atoms. The standard InChI is InChI=1S/C31H37N2O.ClH/c1-4-25-22-33(21-24-10-6-5-7-11-24)18-15-26(25)20-30(33)31(34-19-16-23(2)3)28-14-17-32-29-13-9-8-12-27(28)29;/h4-14,16-17,25-26,30-31H,1,15,18-22H2,2-3H3;1H/q+1;/p-1/t25-,26-,30+,31-,33?;/m0./s1. The first-order valence-electron chi connectivity index (χ1n) is 12.7. The number of ether oxygens (including phenoxy) is 1. The van der Waals surface area contributed by atoms with Crippen LogP contribution in [0.5, 0.6) is 0 Å². The first kappa shape index (κ1) is 25.6. The highest BCUT2D eigenvalue weighted by Crippen LogP contribution is 2.49. The summed E-state index contributed by atoms with van der Waals surface area (Å²) in [5, 5.41) is 1.22. The third kappa shape index (κ3) is 5.23. The van der Waals surface area contributed by atoms with Gasteiger partial charge in [0.15, 0.2) is 0 Å². The molecule has 3 nitrogen and oxygen atoms in total. The van der Waals surface area contributed by atoms with Gasteiger partial charge in [-0.05, 0) is 37.5 Å². The number of hydrogen-bond acceptors (Lipinski definition) is 2. The van der Waals surface area contributed by atoms with Gasteiger partial charge in [0.2, 0.25) is 0 Å². The summed E-state index contributed by atoms with van der Waals surface area (Å²) in [5.41, 5.74) is 5.04. The van der Waals surface area contributed by atoms with Crippen molar-refractivity contribution in [1.29, 1.82) is 0 Å². The van der Waals surface area contributed by atoms with E-state index < -0.39 is 0 Å². The lowest BCUT2D eigenvalue weighted by Gasteiger charge is -2.58. The first-order chi connectivity index (χ1) is 16.6. The van der Waals surface area contributed by atoms with E-state index in [1.165, 1.54) is 41.5 Å². The molecule has 0 saturated carbocycles. The number of nitrogens with zero attached hydrogens (tertiary/aromatic N) is 2. The average molecular weight is 489 g/mol. The Balaban J connectivity index is 0.00000289. The lowest BCUT2D eigenvalue weighted by atomic mass is 9.71. The summed E-state index contributed by atoms with van der Waals surface area (Å²) in [5.74, 6) is 1.28. The highest BCUT2D eigenvalue weighted by molar-refractivity contribution is 5.82. The van der Waals surface area contributed by atoms with E-state index in [2.05, 4.69) is 98.2 Å². The number of aromatic nitrogens is 1. The SMILES string of the molecule is C=C[C@H]1C[N+]2(Cc3ccccc3)CC[C@H]1C[C@@H]2[C@@H](OCC=C(C)C)c1ccnc2ccccc12.[Cl-]. The van der Waals surface area contributed by atoms with Crippen LogP contribution in [0.2, 0.25) is 0 Å². The molecule has 0 aliphatic carbocycles. The number of piperidine rings is 3. The second-order valence-corrected chi connectivity index (χ2v) is 10.5. The van der Waals surface area contributed by atoms with Crippen molar-refractivity contribution in [2.75, 3.05) is 19.7 Å². The van der Waals surface area contributed by atoms with Gasteiger partial charge in [0.05, 0.1) is 25.2 Å². The minimum Gasteiger partial charge on any atom is -1.00 e. The highest BCUT2D eigenvalue weighted by atomic mass is 35.5. The number of rotatable bonds is 8. The van der Waals surface area contributed by atoms with Gasteiger partial charge in [-0.3, -0.25) is 4.98 Å². The van der Waals surface area contributed by atoms with Crippen LogP contribution in [0.4, 0.5) is 0 Å². The van der Waals surface area contributed by atoms with E-state index in [1.807, 2.05) is 6.20 Å². The van der Waals surface area contributed by atoms with E-state index in [1.54, 1.807) is 0 Å². The molecule has 1 aromatic heterocycles. The van der Waals surface area contributed by atoms with Gasteiger partial charge in [0.25, 0.3) is 0 Å². The Bertz CT molecular complexity index is 1170. The normalized spacial score (nSPS) is 26.1. The summed E-state index contributed by atoms with van der Waals surface area (Å²) in [6, 6.07) is 22.1. The van der Waals surface area contributed by atoms with Gasteiger partial charge in [-0.15, -0.1) is 6.58 Å². The Labute approximate surface area is 216 Å². The molecule has 0 amide bonds. The first-order valence-corrected chi connectivity index (χ1v) is 12.7. The molecule has 3 aliphatic rings. The molecule has 4 heteroatoms. The molecular weight excluding hydrogens is 452 g/mol.